The topological polar surface area (TPSA) is 222 Å². The van der Waals surface area contributed by atoms with Crippen LogP contribution in [0.15, 0.2) is 0 Å². The molecule has 0 aliphatic carbocycles. The van der Waals surface area contributed by atoms with Gasteiger partial charge in [-0.2, -0.15) is 11.8 Å². The van der Waals surface area contributed by atoms with Gasteiger partial charge in [-0.05, 0) is 37.7 Å². The molecular weight excluding hydrogens is 458 g/mol. The summed E-state index contributed by atoms with van der Waals surface area (Å²) in [4.78, 5) is 72.9. The van der Waals surface area contributed by atoms with Crippen LogP contribution >= 0.6 is 11.8 Å². The normalized spacial score (nSPS) is 18.1. The van der Waals surface area contributed by atoms with Crippen molar-refractivity contribution in [2.24, 2.45) is 11.5 Å². The molecule has 0 spiro atoms. The van der Waals surface area contributed by atoms with Gasteiger partial charge in [-0.25, -0.2) is 4.79 Å². The second-order valence-corrected chi connectivity index (χ2v) is 8.63. The number of hydrogen-bond acceptors (Lipinski definition) is 8. The zero-order valence-corrected chi connectivity index (χ0v) is 19.1. The van der Waals surface area contributed by atoms with E-state index in [-0.39, 0.29) is 32.2 Å². The second kappa shape index (κ2) is 13.6. The van der Waals surface area contributed by atoms with Crippen molar-refractivity contribution in [2.75, 3.05) is 18.6 Å². The van der Waals surface area contributed by atoms with Crippen molar-refractivity contribution in [3.8, 4) is 0 Å². The van der Waals surface area contributed by atoms with Gasteiger partial charge in [-0.1, -0.05) is 0 Å². The highest BCUT2D eigenvalue weighted by Gasteiger charge is 2.39. The number of carbonyl (C=O) groups is 6. The molecule has 1 aliphatic heterocycles. The SMILES string of the molecule is CSCCC(NC(=O)C1CCCN1C(=O)C(CC(N)=O)NC(=O)C(N)CCC(=O)O)C(=O)O. The molecule has 1 fully saturated rings. The number of carboxylic acid groups (broad SMARTS) is 2. The van der Waals surface area contributed by atoms with E-state index >= 15 is 0 Å². The van der Waals surface area contributed by atoms with Gasteiger partial charge < -0.3 is 37.2 Å². The third kappa shape index (κ3) is 9.26. The molecule has 0 aromatic rings. The van der Waals surface area contributed by atoms with Crippen molar-refractivity contribution in [3.63, 3.8) is 0 Å². The number of carbonyl (C=O) groups excluding carboxylic acids is 4. The second-order valence-electron chi connectivity index (χ2n) is 7.64. The van der Waals surface area contributed by atoms with Gasteiger partial charge in [0, 0.05) is 13.0 Å². The van der Waals surface area contributed by atoms with Crippen LogP contribution in [0.1, 0.15) is 38.5 Å². The number of thioether (sulfide) groups is 1. The molecule has 1 aliphatic rings. The molecule has 4 unspecified atom stereocenters. The van der Waals surface area contributed by atoms with Crippen LogP contribution in [0.4, 0.5) is 0 Å². The minimum atomic E-state index is -1.40. The van der Waals surface area contributed by atoms with E-state index in [0.29, 0.717) is 12.2 Å². The van der Waals surface area contributed by atoms with E-state index in [1.807, 2.05) is 0 Å². The van der Waals surface area contributed by atoms with E-state index in [1.54, 1.807) is 6.26 Å². The summed E-state index contributed by atoms with van der Waals surface area (Å²) >= 11 is 1.43. The third-order valence-corrected chi connectivity index (χ3v) is 5.73. The molecule has 0 bridgehead atoms. The number of likely N-dealkylation sites (tertiary alicyclic amines) is 1. The molecule has 14 heteroatoms. The predicted octanol–water partition coefficient (Wildman–Crippen LogP) is -2.15. The molecule has 0 aromatic carbocycles. The molecule has 1 rings (SSSR count). The Hall–Kier alpha value is -2.87. The van der Waals surface area contributed by atoms with Crippen LogP contribution in [0.25, 0.3) is 0 Å². The molecule has 0 aromatic heterocycles. The summed E-state index contributed by atoms with van der Waals surface area (Å²) in [6.45, 7) is 0.162. The molecule has 1 heterocycles. The number of nitrogens with one attached hydrogen (secondary N) is 2. The third-order valence-electron chi connectivity index (χ3n) is 5.09. The van der Waals surface area contributed by atoms with Crippen LogP contribution in [0.5, 0.6) is 0 Å². The number of carboxylic acids is 2. The van der Waals surface area contributed by atoms with Gasteiger partial charge >= 0.3 is 11.9 Å². The standard InChI is InChI=1S/C19H31N5O8S/c1-33-8-6-11(19(31)32)22-17(29)13-3-2-7-24(13)18(30)12(9-14(21)25)23-16(28)10(20)4-5-15(26)27/h10-13H,2-9,20H2,1H3,(H2,21,25)(H,22,29)(H,23,28)(H,26,27)(H,31,32). The Bertz CT molecular complexity index is 764. The average molecular weight is 490 g/mol. The number of amides is 4. The fourth-order valence-corrected chi connectivity index (χ4v) is 3.83. The van der Waals surface area contributed by atoms with Gasteiger partial charge in [0.2, 0.25) is 23.6 Å². The summed E-state index contributed by atoms with van der Waals surface area (Å²) in [5.41, 5.74) is 10.9. The van der Waals surface area contributed by atoms with E-state index in [2.05, 4.69) is 10.6 Å². The van der Waals surface area contributed by atoms with E-state index in [0.717, 1.165) is 0 Å². The Kier molecular flexibility index (Phi) is 11.6. The molecule has 4 amide bonds. The summed E-state index contributed by atoms with van der Waals surface area (Å²) in [6, 6.07) is -4.71. The minimum Gasteiger partial charge on any atom is -0.481 e. The fourth-order valence-electron chi connectivity index (χ4n) is 3.35. The molecule has 0 saturated carbocycles. The molecule has 1 saturated heterocycles. The van der Waals surface area contributed by atoms with Crippen molar-refractivity contribution >= 4 is 47.3 Å². The zero-order valence-electron chi connectivity index (χ0n) is 18.3. The number of primary amides is 1. The Morgan fingerprint density at radius 2 is 1.76 bits per heavy atom. The molecule has 13 nitrogen and oxygen atoms in total. The van der Waals surface area contributed by atoms with Crippen molar-refractivity contribution in [1.29, 1.82) is 0 Å². The lowest BCUT2D eigenvalue weighted by Gasteiger charge is -2.29. The quantitative estimate of drug-likeness (QED) is 0.155. The number of rotatable bonds is 14. The Morgan fingerprint density at radius 3 is 2.30 bits per heavy atom. The number of aliphatic carboxylic acids is 2. The van der Waals surface area contributed by atoms with Crippen molar-refractivity contribution in [2.45, 2.75) is 62.7 Å². The molecule has 33 heavy (non-hydrogen) atoms. The molecule has 186 valence electrons. The lowest BCUT2D eigenvalue weighted by atomic mass is 10.1. The van der Waals surface area contributed by atoms with Crippen molar-refractivity contribution < 1.29 is 39.0 Å². The molecule has 0 radical (unpaired) electrons. The Balaban J connectivity index is 2.91. The molecular formula is C19H31N5O8S. The van der Waals surface area contributed by atoms with E-state index in [4.69, 9.17) is 16.6 Å². The van der Waals surface area contributed by atoms with E-state index < -0.39 is 66.2 Å². The first-order valence-corrected chi connectivity index (χ1v) is 11.8. The summed E-state index contributed by atoms with van der Waals surface area (Å²) in [5.74, 6) is -4.92. The highest BCUT2D eigenvalue weighted by Crippen LogP contribution is 2.20. The highest BCUT2D eigenvalue weighted by atomic mass is 32.2. The van der Waals surface area contributed by atoms with Gasteiger partial charge in [0.1, 0.15) is 18.1 Å². The first-order chi connectivity index (χ1) is 15.5. The van der Waals surface area contributed by atoms with E-state index in [1.165, 1.54) is 16.7 Å². The Labute approximate surface area is 195 Å². The average Bonchev–Trinajstić information content (AvgIpc) is 3.23. The van der Waals surface area contributed by atoms with Gasteiger partial charge in [-0.3, -0.25) is 24.0 Å². The molecule has 8 N–H and O–H groups in total. The van der Waals surface area contributed by atoms with Crippen LogP contribution in [0.3, 0.4) is 0 Å². The van der Waals surface area contributed by atoms with Crippen molar-refractivity contribution in [3.05, 3.63) is 0 Å². The van der Waals surface area contributed by atoms with Crippen LogP contribution < -0.4 is 22.1 Å². The fraction of sp³-hybridized carbons (Fsp3) is 0.684. The summed E-state index contributed by atoms with van der Waals surface area (Å²) in [7, 11) is 0. The number of hydrogen-bond donors (Lipinski definition) is 6. The summed E-state index contributed by atoms with van der Waals surface area (Å²) in [6.07, 6.45) is 1.66. The predicted molar refractivity (Wildman–Crippen MR) is 118 cm³/mol. The first-order valence-electron chi connectivity index (χ1n) is 10.4. The zero-order chi connectivity index (χ0) is 25.1. The van der Waals surface area contributed by atoms with Gasteiger partial charge in [-0.15, -0.1) is 0 Å². The van der Waals surface area contributed by atoms with Crippen LogP contribution in [0, 0.1) is 0 Å². The molecule has 4 atom stereocenters. The van der Waals surface area contributed by atoms with E-state index in [9.17, 15) is 33.9 Å². The monoisotopic (exact) mass is 489 g/mol. The smallest absolute Gasteiger partial charge is 0.326 e. The minimum absolute atomic E-state index is 0.162. The Morgan fingerprint density at radius 1 is 1.09 bits per heavy atom. The van der Waals surface area contributed by atoms with Crippen LogP contribution in [-0.2, 0) is 28.8 Å². The first kappa shape index (κ1) is 28.2. The lowest BCUT2D eigenvalue weighted by molar-refractivity contribution is -0.145. The highest BCUT2D eigenvalue weighted by molar-refractivity contribution is 7.98. The van der Waals surface area contributed by atoms with Crippen molar-refractivity contribution in [1.82, 2.24) is 15.5 Å². The maximum absolute atomic E-state index is 13.1. The maximum atomic E-state index is 13.1. The van der Waals surface area contributed by atoms with Crippen LogP contribution in [-0.4, -0.2) is 93.4 Å². The van der Waals surface area contributed by atoms with Gasteiger partial charge in [0.05, 0.1) is 12.5 Å². The summed E-state index contributed by atoms with van der Waals surface area (Å²) in [5, 5.41) is 22.8. The largest absolute Gasteiger partial charge is 0.481 e. The maximum Gasteiger partial charge on any atom is 0.326 e. The summed E-state index contributed by atoms with van der Waals surface area (Å²) < 4.78 is 0. The number of nitrogens with two attached hydrogens (primary N) is 2. The lowest BCUT2D eigenvalue weighted by Crippen LogP contribution is -2.57. The number of nitrogens with zero attached hydrogens (tertiary/aromatic N) is 1. The van der Waals surface area contributed by atoms with Crippen LogP contribution in [0.2, 0.25) is 0 Å². The van der Waals surface area contributed by atoms with Gasteiger partial charge in [0.25, 0.3) is 0 Å². The van der Waals surface area contributed by atoms with Gasteiger partial charge in [0.15, 0.2) is 0 Å².